The second-order valence-electron chi connectivity index (χ2n) is 11.8. The molecule has 212 valence electrons. The third-order valence-electron chi connectivity index (χ3n) is 9.32. The van der Waals surface area contributed by atoms with Gasteiger partial charge in [-0.3, -0.25) is 0 Å². The molecule has 0 fully saturated rings. The fraction of sp³-hybridized carbons (Fsp3) is 0.0233. The van der Waals surface area contributed by atoms with E-state index in [0.29, 0.717) is 0 Å². The van der Waals surface area contributed by atoms with Crippen molar-refractivity contribution in [1.29, 1.82) is 0 Å². The van der Waals surface area contributed by atoms with Gasteiger partial charge in [-0.2, -0.15) is 0 Å². The molecule has 0 aliphatic carbocycles. The van der Waals surface area contributed by atoms with Gasteiger partial charge >= 0.3 is 0 Å². The number of nitrogens with zero attached hydrogens (tertiary/aromatic N) is 2. The first-order valence-electron chi connectivity index (χ1n) is 15.5. The number of hydrogen-bond donors (Lipinski definition) is 0. The molecule has 7 aromatic carbocycles. The van der Waals surface area contributed by atoms with E-state index in [-0.39, 0.29) is 0 Å². The molecule has 0 N–H and O–H groups in total. The van der Waals surface area contributed by atoms with Gasteiger partial charge in [0.1, 0.15) is 0 Å². The van der Waals surface area contributed by atoms with Crippen LogP contribution in [-0.2, 0) is 0 Å². The van der Waals surface area contributed by atoms with E-state index in [1.54, 1.807) is 0 Å². The minimum Gasteiger partial charge on any atom is -0.309 e. The first kappa shape index (κ1) is 25.6. The van der Waals surface area contributed by atoms with Gasteiger partial charge < -0.3 is 9.13 Å². The zero-order valence-corrected chi connectivity index (χ0v) is 25.0. The van der Waals surface area contributed by atoms with Crippen LogP contribution < -0.4 is 0 Å². The Hall–Kier alpha value is -5.86. The van der Waals surface area contributed by atoms with E-state index in [0.717, 1.165) is 0 Å². The zero-order chi connectivity index (χ0) is 29.9. The van der Waals surface area contributed by atoms with Crippen molar-refractivity contribution >= 4 is 43.6 Å². The van der Waals surface area contributed by atoms with Gasteiger partial charge in [0.25, 0.3) is 0 Å². The number of para-hydroxylation sites is 3. The van der Waals surface area contributed by atoms with E-state index < -0.39 is 0 Å². The molecule has 9 rings (SSSR count). The number of hydrogen-bond acceptors (Lipinski definition) is 0. The van der Waals surface area contributed by atoms with Crippen molar-refractivity contribution in [3.05, 3.63) is 169 Å². The summed E-state index contributed by atoms with van der Waals surface area (Å²) in [5.74, 6) is 0. The summed E-state index contributed by atoms with van der Waals surface area (Å²) < 4.78 is 4.85. The Balaban J connectivity index is 1.26. The van der Waals surface area contributed by atoms with Crippen molar-refractivity contribution in [3.8, 4) is 33.6 Å². The van der Waals surface area contributed by atoms with Gasteiger partial charge in [0.05, 0.1) is 22.1 Å². The topological polar surface area (TPSA) is 9.86 Å². The van der Waals surface area contributed by atoms with Gasteiger partial charge in [-0.1, -0.05) is 121 Å². The number of fused-ring (bicyclic) bond motifs is 6. The molecule has 0 aliphatic heterocycles. The van der Waals surface area contributed by atoms with Gasteiger partial charge in [-0.25, -0.2) is 0 Å². The normalized spacial score (nSPS) is 11.7. The third kappa shape index (κ3) is 3.89. The monoisotopic (exact) mass is 574 g/mol. The van der Waals surface area contributed by atoms with E-state index in [2.05, 4.69) is 180 Å². The molecule has 45 heavy (non-hydrogen) atoms. The Morgan fingerprint density at radius 2 is 0.911 bits per heavy atom. The van der Waals surface area contributed by atoms with Crippen LogP contribution in [0.1, 0.15) is 5.56 Å². The summed E-state index contributed by atoms with van der Waals surface area (Å²) in [7, 11) is 0. The van der Waals surface area contributed by atoms with Gasteiger partial charge in [0, 0.05) is 32.9 Å². The molecule has 2 heteroatoms. The van der Waals surface area contributed by atoms with Crippen LogP contribution in [0.3, 0.4) is 0 Å². The van der Waals surface area contributed by atoms with Crippen LogP contribution in [0.2, 0.25) is 0 Å². The highest BCUT2D eigenvalue weighted by molar-refractivity contribution is 6.16. The molecule has 2 heterocycles. The molecule has 0 amide bonds. The van der Waals surface area contributed by atoms with Crippen molar-refractivity contribution in [2.24, 2.45) is 0 Å². The van der Waals surface area contributed by atoms with Crippen molar-refractivity contribution in [3.63, 3.8) is 0 Å². The quantitative estimate of drug-likeness (QED) is 0.198. The highest BCUT2D eigenvalue weighted by atomic mass is 15.0. The molecule has 0 saturated heterocycles. The van der Waals surface area contributed by atoms with Crippen LogP contribution in [-0.4, -0.2) is 9.13 Å². The molecule has 0 bridgehead atoms. The predicted octanol–water partition coefficient (Wildman–Crippen LogP) is 11.5. The Labute approximate surface area is 262 Å². The molecule has 2 nitrogen and oxygen atoms in total. The van der Waals surface area contributed by atoms with E-state index >= 15 is 0 Å². The number of aromatic nitrogens is 2. The van der Waals surface area contributed by atoms with Crippen LogP contribution in [0, 0.1) is 6.92 Å². The Bertz CT molecular complexity index is 2490. The lowest BCUT2D eigenvalue weighted by Gasteiger charge is -2.16. The molecule has 0 radical (unpaired) electrons. The van der Waals surface area contributed by atoms with E-state index in [9.17, 15) is 0 Å². The minimum absolute atomic E-state index is 1.17. The van der Waals surface area contributed by atoms with Gasteiger partial charge in [-0.05, 0) is 77.2 Å². The summed E-state index contributed by atoms with van der Waals surface area (Å²) in [5.41, 5.74) is 13.4. The Morgan fingerprint density at radius 3 is 1.64 bits per heavy atom. The first-order valence-corrected chi connectivity index (χ1v) is 15.5. The second-order valence-corrected chi connectivity index (χ2v) is 11.8. The molecule has 0 aliphatic rings. The van der Waals surface area contributed by atoms with Gasteiger partial charge in [0.15, 0.2) is 0 Å². The van der Waals surface area contributed by atoms with Crippen molar-refractivity contribution < 1.29 is 0 Å². The lowest BCUT2D eigenvalue weighted by molar-refractivity contribution is 1.15. The van der Waals surface area contributed by atoms with Crippen molar-refractivity contribution in [2.45, 2.75) is 6.92 Å². The Kier molecular flexibility index (Phi) is 5.76. The summed E-state index contributed by atoms with van der Waals surface area (Å²) in [5, 5.41) is 5.11. The molecular formula is C43H30N2. The van der Waals surface area contributed by atoms with Gasteiger partial charge in [0.2, 0.25) is 0 Å². The average Bonchev–Trinajstić information content (AvgIpc) is 3.62. The molecule has 0 saturated carbocycles. The summed E-state index contributed by atoms with van der Waals surface area (Å²) in [6.07, 6.45) is 0. The van der Waals surface area contributed by atoms with Crippen LogP contribution in [0.25, 0.3) is 77.2 Å². The van der Waals surface area contributed by atoms with Crippen molar-refractivity contribution in [2.75, 3.05) is 0 Å². The summed E-state index contributed by atoms with van der Waals surface area (Å²) >= 11 is 0. The maximum Gasteiger partial charge on any atom is 0.0547 e. The molecular weight excluding hydrogens is 544 g/mol. The number of rotatable bonds is 4. The van der Waals surface area contributed by atoms with Gasteiger partial charge in [-0.15, -0.1) is 0 Å². The lowest BCUT2D eigenvalue weighted by Crippen LogP contribution is -1.99. The van der Waals surface area contributed by atoms with Crippen LogP contribution in [0.5, 0.6) is 0 Å². The predicted molar refractivity (Wildman–Crippen MR) is 191 cm³/mol. The van der Waals surface area contributed by atoms with Crippen LogP contribution >= 0.6 is 0 Å². The number of benzene rings is 7. The molecule has 2 aromatic heterocycles. The summed E-state index contributed by atoms with van der Waals surface area (Å²) in [6, 6.07) is 59.3. The maximum absolute atomic E-state index is 2.45. The lowest BCUT2D eigenvalue weighted by atomic mass is 9.98. The fourth-order valence-electron chi connectivity index (χ4n) is 7.33. The highest BCUT2D eigenvalue weighted by Gasteiger charge is 2.18. The second kappa shape index (κ2) is 10.1. The fourth-order valence-corrected chi connectivity index (χ4v) is 7.33. The molecule has 0 atom stereocenters. The maximum atomic E-state index is 2.45. The largest absolute Gasteiger partial charge is 0.309 e. The molecule has 0 spiro atoms. The van der Waals surface area contributed by atoms with E-state index in [1.807, 2.05) is 0 Å². The highest BCUT2D eigenvalue weighted by Crippen LogP contribution is 2.40. The van der Waals surface area contributed by atoms with E-state index in [4.69, 9.17) is 0 Å². The SMILES string of the molecule is Cc1c(-c2cccc(-n3c4ccccc4c4ccccc43)c2)cccc1-n1c2ccccc2c2c(-c3ccccc3)cccc21. The Morgan fingerprint density at radius 1 is 0.378 bits per heavy atom. The molecule has 0 unspecified atom stereocenters. The zero-order valence-electron chi connectivity index (χ0n) is 25.0. The molecule has 9 aromatic rings. The summed E-state index contributed by atoms with van der Waals surface area (Å²) in [6.45, 7) is 2.26. The van der Waals surface area contributed by atoms with Crippen LogP contribution in [0.4, 0.5) is 0 Å². The van der Waals surface area contributed by atoms with Crippen molar-refractivity contribution in [1.82, 2.24) is 9.13 Å². The first-order chi connectivity index (χ1) is 22.3. The standard InChI is InChI=1S/C43H30N2/c1-29-33(31-16-11-17-32(28-31)44-39-23-8-5-18-35(39)36-19-6-9-24-40(36)44)21-12-26-38(29)45-41-25-10-7-20-37(41)43-34(22-13-27-42(43)45)30-14-3-2-4-15-30/h2-28H,1H3. The van der Waals surface area contributed by atoms with Crippen LogP contribution in [0.15, 0.2) is 164 Å². The minimum atomic E-state index is 1.17. The third-order valence-corrected chi connectivity index (χ3v) is 9.32. The smallest absolute Gasteiger partial charge is 0.0547 e. The average molecular weight is 575 g/mol. The van der Waals surface area contributed by atoms with E-state index in [1.165, 1.54) is 82.8 Å². The summed E-state index contributed by atoms with van der Waals surface area (Å²) in [4.78, 5) is 0.